The zero-order chi connectivity index (χ0) is 17.8. The highest BCUT2D eigenvalue weighted by molar-refractivity contribution is 7.79. The molecule has 3 rings (SSSR count). The number of nitriles is 1. The second-order valence-corrected chi connectivity index (χ2v) is 6.85. The summed E-state index contributed by atoms with van der Waals surface area (Å²) in [6.07, 6.45) is 6.99. The number of fused-ring (bicyclic) bond motifs is 1. The Balaban J connectivity index is 1.77. The molecule has 1 aliphatic rings. The van der Waals surface area contributed by atoms with Crippen LogP contribution in [0.1, 0.15) is 21.6 Å². The van der Waals surface area contributed by atoms with Gasteiger partial charge in [-0.05, 0) is 41.9 Å². The molecule has 0 spiro atoms. The lowest BCUT2D eigenvalue weighted by Gasteiger charge is -2.25. The molecule has 1 aliphatic heterocycles. The first kappa shape index (κ1) is 17.1. The number of anilines is 1. The molecule has 2 aromatic heterocycles. The minimum absolute atomic E-state index is 0.150. The molecule has 6 nitrogen and oxygen atoms in total. The average Bonchev–Trinajstić information content (AvgIpc) is 2.96. The van der Waals surface area contributed by atoms with Crippen molar-refractivity contribution < 1.29 is 9.90 Å². The first-order valence-electron chi connectivity index (χ1n) is 7.50. The second-order valence-electron chi connectivity index (χ2n) is 5.38. The first-order valence-corrected chi connectivity index (χ1v) is 8.72. The van der Waals surface area contributed by atoms with Crippen molar-refractivity contribution in [1.29, 1.82) is 5.26 Å². The number of aliphatic hydroxyl groups is 1. The second kappa shape index (κ2) is 7.42. The number of aromatic nitrogens is 1. The van der Waals surface area contributed by atoms with Crippen molar-refractivity contribution in [3.63, 3.8) is 0 Å². The number of carbonyl (C=O) groups excluding carboxylic acids is 1. The maximum Gasteiger partial charge on any atom is 0.257 e. The van der Waals surface area contributed by atoms with Crippen LogP contribution in [0.2, 0.25) is 0 Å². The Bertz CT molecular complexity index is 884. The highest BCUT2D eigenvalue weighted by atomic mass is 32.1. The number of nitrogens with zero attached hydrogens (tertiary/aromatic N) is 3. The van der Waals surface area contributed by atoms with E-state index >= 15 is 0 Å². The lowest BCUT2D eigenvalue weighted by molar-refractivity contribution is -0.111. The van der Waals surface area contributed by atoms with Gasteiger partial charge < -0.3 is 15.3 Å². The Hall–Kier alpha value is -2.76. The number of nitrogens with one attached hydrogen (secondary N) is 1. The van der Waals surface area contributed by atoms with Crippen molar-refractivity contribution in [2.45, 2.75) is 13.0 Å². The molecule has 2 aromatic rings. The van der Waals surface area contributed by atoms with Crippen molar-refractivity contribution in [2.24, 2.45) is 0 Å². The van der Waals surface area contributed by atoms with E-state index in [1.165, 1.54) is 17.4 Å². The van der Waals surface area contributed by atoms with Gasteiger partial charge in [0.1, 0.15) is 11.1 Å². The molecule has 3 heterocycles. The molecule has 126 valence electrons. The molecule has 0 aliphatic carbocycles. The van der Waals surface area contributed by atoms with Crippen LogP contribution >= 0.6 is 23.6 Å². The van der Waals surface area contributed by atoms with Crippen molar-refractivity contribution in [3.8, 4) is 6.07 Å². The molecule has 0 saturated carbocycles. The van der Waals surface area contributed by atoms with Crippen LogP contribution in [-0.4, -0.2) is 32.6 Å². The Morgan fingerprint density at radius 3 is 3.08 bits per heavy atom. The van der Waals surface area contributed by atoms with Gasteiger partial charge in [-0.3, -0.25) is 9.78 Å². The first-order chi connectivity index (χ1) is 12.1. The van der Waals surface area contributed by atoms with Crippen molar-refractivity contribution >= 4 is 45.7 Å². The molecule has 0 unspecified atom stereocenters. The number of amides is 1. The predicted octanol–water partition coefficient (Wildman–Crippen LogP) is 2.87. The van der Waals surface area contributed by atoms with E-state index < -0.39 is 0 Å². The average molecular weight is 370 g/mol. The van der Waals surface area contributed by atoms with Crippen LogP contribution in [0.15, 0.2) is 30.6 Å². The number of pyridine rings is 1. The maximum atomic E-state index is 12.1. The van der Waals surface area contributed by atoms with E-state index in [2.05, 4.69) is 16.4 Å². The molecule has 0 bridgehead atoms. The Kier molecular flexibility index (Phi) is 5.07. The van der Waals surface area contributed by atoms with Gasteiger partial charge in [0.2, 0.25) is 5.91 Å². The van der Waals surface area contributed by atoms with Crippen LogP contribution in [0.25, 0.3) is 6.08 Å². The zero-order valence-electron chi connectivity index (χ0n) is 13.1. The summed E-state index contributed by atoms with van der Waals surface area (Å²) in [7, 11) is 0. The van der Waals surface area contributed by atoms with Gasteiger partial charge in [0.15, 0.2) is 0 Å². The maximum absolute atomic E-state index is 12.1. The quantitative estimate of drug-likeness (QED) is 0.638. The van der Waals surface area contributed by atoms with E-state index in [1.54, 1.807) is 29.4 Å². The lowest BCUT2D eigenvalue weighted by Crippen LogP contribution is -2.34. The number of thiophene rings is 1. The minimum atomic E-state index is -0.312. The number of hydrogen-bond acceptors (Lipinski definition) is 5. The molecule has 2 N–H and O–H groups in total. The van der Waals surface area contributed by atoms with Crippen LogP contribution in [0.4, 0.5) is 5.00 Å². The van der Waals surface area contributed by atoms with Crippen LogP contribution in [-0.2, 0) is 17.8 Å². The Labute approximate surface area is 154 Å². The van der Waals surface area contributed by atoms with Crippen molar-refractivity contribution in [1.82, 2.24) is 9.88 Å². The van der Waals surface area contributed by atoms with Gasteiger partial charge in [0.25, 0.3) is 5.17 Å². The zero-order valence-corrected chi connectivity index (χ0v) is 14.7. The fourth-order valence-corrected chi connectivity index (χ4v) is 3.95. The fraction of sp³-hybridized carbons (Fsp3) is 0.176. The summed E-state index contributed by atoms with van der Waals surface area (Å²) in [5.74, 6) is -0.312. The molecule has 8 heteroatoms. The standard InChI is InChI=1S/C17H14N4O2S2/c18-8-13-12-5-7-21(17(23)24)10-14(12)25-16(13)20-15(22)4-3-11-2-1-6-19-9-11/h1-4,6,9H,5,7,10H2,(H,20,22)(H,23,24). The summed E-state index contributed by atoms with van der Waals surface area (Å²) in [6, 6.07) is 5.80. The molecule has 0 radical (unpaired) electrons. The third kappa shape index (κ3) is 3.84. The molecule has 0 fully saturated rings. The van der Waals surface area contributed by atoms with Crippen LogP contribution < -0.4 is 5.32 Å². The number of rotatable bonds is 3. The largest absolute Gasteiger partial charge is 0.486 e. The van der Waals surface area contributed by atoms with Crippen LogP contribution in [0, 0.1) is 11.3 Å². The van der Waals surface area contributed by atoms with E-state index in [4.69, 9.17) is 12.2 Å². The van der Waals surface area contributed by atoms with Gasteiger partial charge in [-0.1, -0.05) is 6.07 Å². The highest BCUT2D eigenvalue weighted by Gasteiger charge is 2.25. The number of aliphatic hydroxyl groups excluding tert-OH is 1. The fourth-order valence-electron chi connectivity index (χ4n) is 2.57. The van der Waals surface area contributed by atoms with Gasteiger partial charge in [0.05, 0.1) is 12.1 Å². The Morgan fingerprint density at radius 1 is 1.56 bits per heavy atom. The molecular formula is C17H14N4O2S2. The van der Waals surface area contributed by atoms with Crippen molar-refractivity contribution in [2.75, 3.05) is 11.9 Å². The van der Waals surface area contributed by atoms with Gasteiger partial charge >= 0.3 is 0 Å². The van der Waals surface area contributed by atoms with Gasteiger partial charge in [0, 0.05) is 29.9 Å². The third-order valence-corrected chi connectivity index (χ3v) is 5.18. The molecular weight excluding hydrogens is 356 g/mol. The van der Waals surface area contributed by atoms with E-state index in [0.717, 1.165) is 16.0 Å². The number of thiocarbonyl (C=S) groups is 1. The molecule has 1 amide bonds. The Morgan fingerprint density at radius 2 is 2.40 bits per heavy atom. The SMILES string of the molecule is N#Cc1c(NC(=O)C=Cc2cccnc2)sc2c1CCN(C(O)=S)C2. The summed E-state index contributed by atoms with van der Waals surface area (Å²) in [4.78, 5) is 18.7. The van der Waals surface area contributed by atoms with E-state index in [1.807, 2.05) is 6.07 Å². The van der Waals surface area contributed by atoms with Crippen molar-refractivity contribution in [3.05, 3.63) is 52.2 Å². The summed E-state index contributed by atoms with van der Waals surface area (Å²) in [5.41, 5.74) is 2.23. The third-order valence-electron chi connectivity index (χ3n) is 3.79. The summed E-state index contributed by atoms with van der Waals surface area (Å²) in [5, 5.41) is 22.1. The molecule has 0 atom stereocenters. The summed E-state index contributed by atoms with van der Waals surface area (Å²) < 4.78 is 0. The molecule has 0 aromatic carbocycles. The van der Waals surface area contributed by atoms with Gasteiger partial charge in [-0.25, -0.2) is 0 Å². The van der Waals surface area contributed by atoms with Crippen LogP contribution in [0.5, 0.6) is 0 Å². The van der Waals surface area contributed by atoms with E-state index in [0.29, 0.717) is 30.1 Å². The molecule has 0 saturated heterocycles. The van der Waals surface area contributed by atoms with Gasteiger partial charge in [-0.15, -0.1) is 11.3 Å². The van der Waals surface area contributed by atoms with Crippen LogP contribution in [0.3, 0.4) is 0 Å². The number of hydrogen-bond donors (Lipinski definition) is 2. The summed E-state index contributed by atoms with van der Waals surface area (Å²) in [6.45, 7) is 1.01. The number of carbonyl (C=O) groups is 1. The van der Waals surface area contributed by atoms with E-state index in [9.17, 15) is 15.2 Å². The van der Waals surface area contributed by atoms with Gasteiger partial charge in [-0.2, -0.15) is 5.26 Å². The van der Waals surface area contributed by atoms with E-state index in [-0.39, 0.29) is 11.1 Å². The predicted molar refractivity (Wildman–Crippen MR) is 100 cm³/mol. The normalized spacial score (nSPS) is 13.3. The monoisotopic (exact) mass is 370 g/mol. The lowest BCUT2D eigenvalue weighted by atomic mass is 10.0. The summed E-state index contributed by atoms with van der Waals surface area (Å²) >= 11 is 6.15. The minimum Gasteiger partial charge on any atom is -0.486 e. The topological polar surface area (TPSA) is 89.2 Å². The highest BCUT2D eigenvalue weighted by Crippen LogP contribution is 2.36. The smallest absolute Gasteiger partial charge is 0.257 e. The molecule has 25 heavy (non-hydrogen) atoms.